The molecule has 4 aliphatic rings. The molecule has 3 fully saturated rings. The lowest BCUT2D eigenvalue weighted by atomic mass is 9.87. The van der Waals surface area contributed by atoms with E-state index in [9.17, 15) is 14.4 Å². The maximum absolute atomic E-state index is 13.5. The number of carbonyl (C=O) groups is 3. The van der Waals surface area contributed by atoms with Crippen LogP contribution in [-0.4, -0.2) is 66.5 Å². The van der Waals surface area contributed by atoms with Gasteiger partial charge in [-0.3, -0.25) is 14.4 Å². The number of rotatable bonds is 5. The second-order valence-corrected chi connectivity index (χ2v) is 9.34. The second kappa shape index (κ2) is 9.00. The van der Waals surface area contributed by atoms with E-state index in [4.69, 9.17) is 9.47 Å². The lowest BCUT2D eigenvalue weighted by molar-refractivity contribution is -0.137. The molecule has 8 heteroatoms. The summed E-state index contributed by atoms with van der Waals surface area (Å²) < 4.78 is 10.7. The van der Waals surface area contributed by atoms with Gasteiger partial charge in [0.15, 0.2) is 11.5 Å². The Morgan fingerprint density at radius 3 is 2.31 bits per heavy atom. The second-order valence-electron chi connectivity index (χ2n) is 9.34. The maximum Gasteiger partial charge on any atom is 0.252 e. The maximum atomic E-state index is 13.5. The van der Waals surface area contributed by atoms with Crippen molar-refractivity contribution in [3.05, 3.63) is 23.8 Å². The molecule has 2 saturated heterocycles. The Bertz CT molecular complexity index is 886. The van der Waals surface area contributed by atoms with Crippen LogP contribution in [-0.2, 0) is 9.59 Å². The topological polar surface area (TPSA) is 88.2 Å². The Morgan fingerprint density at radius 1 is 0.875 bits per heavy atom. The third-order valence-electron chi connectivity index (χ3n) is 7.10. The number of nitrogens with one attached hydrogen (secondary N) is 1. The standard InChI is InChI=1S/C24H31N3O5/c28-22(18-6-7-19-20(14-18)32-15-31-19)25-21(24(30)26-10-2-1-3-11-26)16-8-12-27(13-9-16)23(29)17-4-5-17/h6-7,14,16-17,21H,1-5,8-13,15H2,(H,25,28). The highest BCUT2D eigenvalue weighted by atomic mass is 16.7. The zero-order valence-electron chi connectivity index (χ0n) is 18.4. The fourth-order valence-electron chi connectivity index (χ4n) is 5.00. The van der Waals surface area contributed by atoms with Gasteiger partial charge in [0.2, 0.25) is 18.6 Å². The van der Waals surface area contributed by atoms with Gasteiger partial charge < -0.3 is 24.6 Å². The largest absolute Gasteiger partial charge is 0.454 e. The minimum atomic E-state index is -0.579. The summed E-state index contributed by atoms with van der Waals surface area (Å²) >= 11 is 0. The zero-order valence-corrected chi connectivity index (χ0v) is 18.4. The average molecular weight is 442 g/mol. The summed E-state index contributed by atoms with van der Waals surface area (Å²) in [6.07, 6.45) is 6.60. The first-order valence-corrected chi connectivity index (χ1v) is 11.9. The fourth-order valence-corrected chi connectivity index (χ4v) is 5.00. The van der Waals surface area contributed by atoms with Gasteiger partial charge in [-0.25, -0.2) is 0 Å². The Balaban J connectivity index is 1.29. The van der Waals surface area contributed by atoms with Crippen LogP contribution in [0.15, 0.2) is 18.2 Å². The van der Waals surface area contributed by atoms with Gasteiger partial charge in [-0.1, -0.05) is 0 Å². The van der Waals surface area contributed by atoms with Gasteiger partial charge in [-0.2, -0.15) is 0 Å². The third kappa shape index (κ3) is 4.40. The number of piperidine rings is 2. The Labute approximate surface area is 188 Å². The lowest BCUT2D eigenvalue weighted by Crippen LogP contribution is -2.55. The van der Waals surface area contributed by atoms with Gasteiger partial charge in [0.1, 0.15) is 6.04 Å². The third-order valence-corrected chi connectivity index (χ3v) is 7.10. The van der Waals surface area contributed by atoms with E-state index in [0.29, 0.717) is 30.2 Å². The molecule has 8 nitrogen and oxygen atoms in total. The van der Waals surface area contributed by atoms with Crippen molar-refractivity contribution in [1.82, 2.24) is 15.1 Å². The minimum absolute atomic E-state index is 0.00534. The summed E-state index contributed by atoms with van der Waals surface area (Å²) in [6, 6.07) is 4.50. The number of likely N-dealkylation sites (tertiary alicyclic amines) is 2. The number of carbonyl (C=O) groups excluding carboxylic acids is 3. The summed E-state index contributed by atoms with van der Waals surface area (Å²) in [6.45, 7) is 2.95. The molecule has 3 aliphatic heterocycles. The minimum Gasteiger partial charge on any atom is -0.454 e. The summed E-state index contributed by atoms with van der Waals surface area (Å²) in [4.78, 5) is 42.9. The molecule has 32 heavy (non-hydrogen) atoms. The molecular weight excluding hydrogens is 410 g/mol. The Hall–Kier alpha value is -2.77. The molecule has 1 aromatic rings. The zero-order chi connectivity index (χ0) is 22.1. The summed E-state index contributed by atoms with van der Waals surface area (Å²) in [5.41, 5.74) is 0.451. The fraction of sp³-hybridized carbons (Fsp3) is 0.625. The summed E-state index contributed by atoms with van der Waals surface area (Å²) in [5, 5.41) is 3.04. The van der Waals surface area contributed by atoms with Crippen molar-refractivity contribution in [3.63, 3.8) is 0 Å². The quantitative estimate of drug-likeness (QED) is 0.757. The monoisotopic (exact) mass is 441 g/mol. The molecule has 1 saturated carbocycles. The highest BCUT2D eigenvalue weighted by Crippen LogP contribution is 2.34. The molecule has 3 amide bonds. The number of fused-ring (bicyclic) bond motifs is 1. The van der Waals surface area contributed by atoms with Gasteiger partial charge in [0, 0.05) is 37.7 Å². The number of hydrogen-bond acceptors (Lipinski definition) is 5. The van der Waals surface area contributed by atoms with Crippen LogP contribution >= 0.6 is 0 Å². The lowest BCUT2D eigenvalue weighted by Gasteiger charge is -2.38. The number of hydrogen-bond donors (Lipinski definition) is 1. The van der Waals surface area contributed by atoms with E-state index in [1.54, 1.807) is 18.2 Å². The van der Waals surface area contributed by atoms with Crippen LogP contribution in [0.2, 0.25) is 0 Å². The van der Waals surface area contributed by atoms with E-state index in [-0.39, 0.29) is 36.4 Å². The number of amides is 3. The predicted octanol–water partition coefficient (Wildman–Crippen LogP) is 2.17. The Morgan fingerprint density at radius 2 is 1.59 bits per heavy atom. The highest BCUT2D eigenvalue weighted by molar-refractivity contribution is 5.98. The first-order valence-electron chi connectivity index (χ1n) is 11.9. The van der Waals surface area contributed by atoms with E-state index in [1.807, 2.05) is 9.80 Å². The van der Waals surface area contributed by atoms with E-state index in [1.165, 1.54) is 0 Å². The molecule has 172 valence electrons. The van der Waals surface area contributed by atoms with Crippen LogP contribution < -0.4 is 14.8 Å². The highest BCUT2D eigenvalue weighted by Gasteiger charge is 2.39. The van der Waals surface area contributed by atoms with E-state index < -0.39 is 6.04 Å². The SMILES string of the molecule is O=C(NC(C(=O)N1CCCCC1)C1CCN(C(=O)C2CC2)CC1)c1ccc2c(c1)OCO2. The van der Waals surface area contributed by atoms with Crippen molar-refractivity contribution in [1.29, 1.82) is 0 Å². The van der Waals surface area contributed by atoms with Gasteiger partial charge in [0.25, 0.3) is 5.91 Å². The van der Waals surface area contributed by atoms with E-state index in [0.717, 1.165) is 58.0 Å². The molecule has 1 aliphatic carbocycles. The van der Waals surface area contributed by atoms with Crippen LogP contribution in [0.3, 0.4) is 0 Å². The van der Waals surface area contributed by atoms with Crippen molar-refractivity contribution in [2.24, 2.45) is 11.8 Å². The number of benzene rings is 1. The normalized spacial score (nSPS) is 21.9. The van der Waals surface area contributed by atoms with Crippen molar-refractivity contribution in [3.8, 4) is 11.5 Å². The molecule has 1 atom stereocenters. The molecular formula is C24H31N3O5. The molecule has 1 N–H and O–H groups in total. The van der Waals surface area contributed by atoms with Crippen LogP contribution in [0.4, 0.5) is 0 Å². The molecule has 1 aromatic carbocycles. The summed E-state index contributed by atoms with van der Waals surface area (Å²) in [5.74, 6) is 1.37. The van der Waals surface area contributed by atoms with E-state index >= 15 is 0 Å². The molecule has 0 spiro atoms. The molecule has 5 rings (SSSR count). The molecule has 0 radical (unpaired) electrons. The number of ether oxygens (including phenoxy) is 2. The van der Waals surface area contributed by atoms with Crippen molar-refractivity contribution in [2.45, 2.75) is 51.0 Å². The van der Waals surface area contributed by atoms with Gasteiger partial charge >= 0.3 is 0 Å². The van der Waals surface area contributed by atoms with Gasteiger partial charge in [0.05, 0.1) is 0 Å². The average Bonchev–Trinajstić information content (AvgIpc) is 3.59. The van der Waals surface area contributed by atoms with Crippen molar-refractivity contribution in [2.75, 3.05) is 33.0 Å². The van der Waals surface area contributed by atoms with Crippen molar-refractivity contribution >= 4 is 17.7 Å². The smallest absolute Gasteiger partial charge is 0.252 e. The molecule has 0 bridgehead atoms. The summed E-state index contributed by atoms with van der Waals surface area (Å²) in [7, 11) is 0. The number of nitrogens with zero attached hydrogens (tertiary/aromatic N) is 2. The molecule has 1 unspecified atom stereocenters. The molecule has 3 heterocycles. The predicted molar refractivity (Wildman–Crippen MR) is 116 cm³/mol. The van der Waals surface area contributed by atoms with Crippen LogP contribution in [0.1, 0.15) is 55.3 Å². The Kier molecular flexibility index (Phi) is 5.93. The van der Waals surface area contributed by atoms with Crippen LogP contribution in [0, 0.1) is 11.8 Å². The molecule has 0 aromatic heterocycles. The first kappa shape index (κ1) is 21.1. The van der Waals surface area contributed by atoms with Crippen molar-refractivity contribution < 1.29 is 23.9 Å². The van der Waals surface area contributed by atoms with E-state index in [2.05, 4.69) is 5.32 Å². The van der Waals surface area contributed by atoms with Gasteiger partial charge in [-0.15, -0.1) is 0 Å². The van der Waals surface area contributed by atoms with Crippen LogP contribution in [0.5, 0.6) is 11.5 Å². The van der Waals surface area contributed by atoms with Crippen LogP contribution in [0.25, 0.3) is 0 Å². The van der Waals surface area contributed by atoms with Gasteiger partial charge in [-0.05, 0) is 69.1 Å². The first-order chi connectivity index (χ1) is 15.6.